The van der Waals surface area contributed by atoms with Crippen LogP contribution in [-0.2, 0) is 19.5 Å². The molecule has 0 aliphatic carbocycles. The third-order valence-electron chi connectivity index (χ3n) is 2.85. The van der Waals surface area contributed by atoms with Crippen molar-refractivity contribution in [3.8, 4) is 0 Å². The van der Waals surface area contributed by atoms with Gasteiger partial charge in [0.15, 0.2) is 0 Å². The highest BCUT2D eigenvalue weighted by Crippen LogP contribution is 2.08. The van der Waals surface area contributed by atoms with Gasteiger partial charge in [-0.25, -0.2) is 0 Å². The lowest BCUT2D eigenvalue weighted by molar-refractivity contribution is 0.278. The maximum atomic E-state index is 5.60. The van der Waals surface area contributed by atoms with Crippen LogP contribution in [0.2, 0.25) is 0 Å². The van der Waals surface area contributed by atoms with Crippen molar-refractivity contribution < 1.29 is 0 Å². The van der Waals surface area contributed by atoms with Gasteiger partial charge in [0.2, 0.25) is 0 Å². The largest absolute Gasteiger partial charge is 0.329 e. The first kappa shape index (κ1) is 13.2. The van der Waals surface area contributed by atoms with E-state index in [2.05, 4.69) is 41.5 Å². The molecule has 1 aromatic heterocycles. The molecule has 0 unspecified atom stereocenters. The monoisotopic (exact) mass is 224 g/mol. The third-order valence-corrected chi connectivity index (χ3v) is 2.85. The molecule has 0 aliphatic heterocycles. The molecule has 16 heavy (non-hydrogen) atoms. The van der Waals surface area contributed by atoms with Crippen molar-refractivity contribution in [1.82, 2.24) is 14.7 Å². The summed E-state index contributed by atoms with van der Waals surface area (Å²) < 4.78 is 2.10. The minimum absolute atomic E-state index is 0.717. The van der Waals surface area contributed by atoms with Crippen molar-refractivity contribution in [2.45, 2.75) is 40.3 Å². The molecule has 2 N–H and O–H groups in total. The maximum Gasteiger partial charge on any atom is 0.0625 e. The predicted molar refractivity (Wildman–Crippen MR) is 67.3 cm³/mol. The first-order valence-corrected chi connectivity index (χ1v) is 6.23. The van der Waals surface area contributed by atoms with Crippen molar-refractivity contribution in [3.05, 3.63) is 17.5 Å². The van der Waals surface area contributed by atoms with Gasteiger partial charge in [-0.05, 0) is 26.0 Å². The molecule has 0 saturated heterocycles. The molecule has 1 heterocycles. The number of hydrogen-bond donors (Lipinski definition) is 1. The van der Waals surface area contributed by atoms with Gasteiger partial charge in [-0.1, -0.05) is 13.8 Å². The smallest absolute Gasteiger partial charge is 0.0625 e. The van der Waals surface area contributed by atoms with Crippen LogP contribution in [-0.4, -0.2) is 34.3 Å². The average molecular weight is 224 g/mol. The molecular weight excluding hydrogens is 200 g/mol. The number of nitrogens with two attached hydrogens (primary N) is 1. The van der Waals surface area contributed by atoms with E-state index in [9.17, 15) is 0 Å². The third kappa shape index (κ3) is 3.32. The maximum absolute atomic E-state index is 5.60. The molecule has 0 aromatic carbocycles. The molecule has 0 spiro atoms. The lowest BCUT2D eigenvalue weighted by atomic mass is 10.3. The van der Waals surface area contributed by atoms with E-state index in [0.29, 0.717) is 0 Å². The Labute approximate surface area is 98.4 Å². The molecule has 0 atom stereocenters. The molecular formula is C12H24N4. The van der Waals surface area contributed by atoms with Gasteiger partial charge in [0, 0.05) is 26.2 Å². The molecule has 0 fully saturated rings. The molecule has 92 valence electrons. The van der Waals surface area contributed by atoms with Gasteiger partial charge >= 0.3 is 0 Å². The number of hydrogen-bond acceptors (Lipinski definition) is 3. The zero-order valence-electron chi connectivity index (χ0n) is 10.7. The highest BCUT2D eigenvalue weighted by molar-refractivity contribution is 5.10. The minimum Gasteiger partial charge on any atom is -0.329 e. The number of rotatable bonds is 7. The molecule has 0 amide bonds. The normalized spacial score (nSPS) is 11.3. The van der Waals surface area contributed by atoms with Crippen LogP contribution in [0.4, 0.5) is 0 Å². The van der Waals surface area contributed by atoms with E-state index in [1.165, 1.54) is 11.4 Å². The summed E-state index contributed by atoms with van der Waals surface area (Å²) in [5, 5.41) is 4.55. The van der Waals surface area contributed by atoms with Gasteiger partial charge in [0.1, 0.15) is 0 Å². The lowest BCUT2D eigenvalue weighted by Crippen LogP contribution is -2.29. The predicted octanol–water partition coefficient (Wildman–Crippen LogP) is 1.25. The Kier molecular flexibility index (Phi) is 5.49. The zero-order chi connectivity index (χ0) is 12.0. The fraction of sp³-hybridized carbons (Fsp3) is 0.750. The highest BCUT2D eigenvalue weighted by atomic mass is 15.3. The summed E-state index contributed by atoms with van der Waals surface area (Å²) >= 11 is 0. The Bertz CT molecular complexity index is 306. The minimum atomic E-state index is 0.717. The molecule has 0 saturated carbocycles. The Hall–Kier alpha value is -0.870. The Balaban J connectivity index is 2.73. The van der Waals surface area contributed by atoms with Gasteiger partial charge in [-0.2, -0.15) is 5.10 Å². The van der Waals surface area contributed by atoms with E-state index >= 15 is 0 Å². The van der Waals surface area contributed by atoms with E-state index < -0.39 is 0 Å². The van der Waals surface area contributed by atoms with Gasteiger partial charge in [-0.3, -0.25) is 9.58 Å². The van der Waals surface area contributed by atoms with Crippen LogP contribution in [0.3, 0.4) is 0 Å². The van der Waals surface area contributed by atoms with E-state index in [0.717, 1.165) is 39.1 Å². The number of aromatic nitrogens is 2. The quantitative estimate of drug-likeness (QED) is 0.758. The van der Waals surface area contributed by atoms with E-state index in [1.54, 1.807) is 0 Å². The number of aryl methyl sites for hydroxylation is 2. The van der Waals surface area contributed by atoms with Gasteiger partial charge in [0.05, 0.1) is 11.4 Å². The Morgan fingerprint density at radius 3 is 2.62 bits per heavy atom. The number of nitrogens with zero attached hydrogens (tertiary/aromatic N) is 3. The van der Waals surface area contributed by atoms with Gasteiger partial charge in [-0.15, -0.1) is 0 Å². The van der Waals surface area contributed by atoms with Gasteiger partial charge in [0.25, 0.3) is 0 Å². The summed E-state index contributed by atoms with van der Waals surface area (Å²) in [6, 6.07) is 2.21. The lowest BCUT2D eigenvalue weighted by Gasteiger charge is -2.19. The average Bonchev–Trinajstić information content (AvgIpc) is 2.70. The van der Waals surface area contributed by atoms with Crippen molar-refractivity contribution >= 4 is 0 Å². The first-order chi connectivity index (χ1) is 7.74. The Morgan fingerprint density at radius 2 is 2.12 bits per heavy atom. The standard InChI is InChI=1S/C12H24N4/c1-4-11-9-12(16(6-3)14-11)10-15(5-2)8-7-13/h9H,4-8,10,13H2,1-3H3. The summed E-state index contributed by atoms with van der Waals surface area (Å²) in [6.07, 6.45) is 1.00. The van der Waals surface area contributed by atoms with Crippen LogP contribution in [0, 0.1) is 0 Å². The topological polar surface area (TPSA) is 47.1 Å². The number of likely N-dealkylation sites (N-methyl/N-ethyl adjacent to an activating group) is 1. The van der Waals surface area contributed by atoms with Crippen molar-refractivity contribution in [1.29, 1.82) is 0 Å². The summed E-state index contributed by atoms with van der Waals surface area (Å²) in [5.41, 5.74) is 8.08. The first-order valence-electron chi connectivity index (χ1n) is 6.23. The molecule has 0 bridgehead atoms. The summed E-state index contributed by atoms with van der Waals surface area (Å²) in [4.78, 5) is 2.35. The van der Waals surface area contributed by atoms with E-state index in [1.807, 2.05) is 0 Å². The molecule has 0 radical (unpaired) electrons. The fourth-order valence-corrected chi connectivity index (χ4v) is 1.85. The van der Waals surface area contributed by atoms with Crippen LogP contribution in [0.1, 0.15) is 32.2 Å². The Morgan fingerprint density at radius 1 is 1.38 bits per heavy atom. The zero-order valence-corrected chi connectivity index (χ0v) is 10.7. The van der Waals surface area contributed by atoms with Crippen LogP contribution >= 0.6 is 0 Å². The molecule has 0 aliphatic rings. The highest BCUT2D eigenvalue weighted by Gasteiger charge is 2.09. The SMILES string of the molecule is CCc1cc(CN(CC)CCN)n(CC)n1. The van der Waals surface area contributed by atoms with Crippen molar-refractivity contribution in [3.63, 3.8) is 0 Å². The summed E-state index contributed by atoms with van der Waals surface area (Å²) in [7, 11) is 0. The second kappa shape index (κ2) is 6.66. The second-order valence-electron chi connectivity index (χ2n) is 3.95. The molecule has 1 aromatic rings. The van der Waals surface area contributed by atoms with Crippen molar-refractivity contribution in [2.24, 2.45) is 5.73 Å². The van der Waals surface area contributed by atoms with Crippen molar-refractivity contribution in [2.75, 3.05) is 19.6 Å². The second-order valence-corrected chi connectivity index (χ2v) is 3.95. The molecule has 1 rings (SSSR count). The van der Waals surface area contributed by atoms with Crippen LogP contribution in [0.5, 0.6) is 0 Å². The van der Waals surface area contributed by atoms with E-state index in [-0.39, 0.29) is 0 Å². The van der Waals surface area contributed by atoms with E-state index in [4.69, 9.17) is 5.73 Å². The van der Waals surface area contributed by atoms with Crippen LogP contribution < -0.4 is 5.73 Å². The summed E-state index contributed by atoms with van der Waals surface area (Å²) in [6.45, 7) is 11.0. The molecule has 4 heteroatoms. The van der Waals surface area contributed by atoms with Crippen LogP contribution in [0.25, 0.3) is 0 Å². The van der Waals surface area contributed by atoms with Crippen LogP contribution in [0.15, 0.2) is 6.07 Å². The summed E-state index contributed by atoms with van der Waals surface area (Å²) in [5.74, 6) is 0. The van der Waals surface area contributed by atoms with Gasteiger partial charge < -0.3 is 5.73 Å². The molecule has 4 nitrogen and oxygen atoms in total. The fourth-order valence-electron chi connectivity index (χ4n) is 1.85.